The Hall–Kier alpha value is -2.08. The predicted octanol–water partition coefficient (Wildman–Crippen LogP) is 4.55. The molecule has 37 heavy (non-hydrogen) atoms. The second kappa shape index (κ2) is 11.3. The van der Waals surface area contributed by atoms with Gasteiger partial charge in [-0.15, -0.1) is 0 Å². The average Bonchev–Trinajstić information content (AvgIpc) is 3.13. The molecule has 7 nitrogen and oxygen atoms in total. The van der Waals surface area contributed by atoms with Crippen molar-refractivity contribution in [3.8, 4) is 5.75 Å². The van der Waals surface area contributed by atoms with Crippen molar-refractivity contribution >= 4 is 31.9 Å². The first-order chi connectivity index (χ1) is 17.5. The highest BCUT2D eigenvalue weighted by atomic mass is 79.9. The smallest absolute Gasteiger partial charge is 0.298 e. The highest BCUT2D eigenvalue weighted by Crippen LogP contribution is 2.40. The second-order valence-electron chi connectivity index (χ2n) is 9.72. The first-order valence-electron chi connectivity index (χ1n) is 12.5. The van der Waals surface area contributed by atoms with E-state index in [2.05, 4.69) is 20.7 Å². The molecule has 4 rings (SSSR count). The summed E-state index contributed by atoms with van der Waals surface area (Å²) >= 11 is 3.22. The Morgan fingerprint density at radius 3 is 2.30 bits per heavy atom. The van der Waals surface area contributed by atoms with Crippen molar-refractivity contribution in [1.82, 2.24) is 9.62 Å². The van der Waals surface area contributed by atoms with Crippen LogP contribution in [0.3, 0.4) is 0 Å². The van der Waals surface area contributed by atoms with Gasteiger partial charge in [-0.3, -0.25) is 4.79 Å². The fraction of sp³-hybridized carbons (Fsp3) is 0.500. The van der Waals surface area contributed by atoms with E-state index in [1.807, 2.05) is 6.92 Å². The maximum absolute atomic E-state index is 16.0. The number of hydrogen-bond donors (Lipinski definition) is 2. The number of piperidine rings is 1. The van der Waals surface area contributed by atoms with E-state index in [1.54, 1.807) is 0 Å². The number of carbonyl (C=O) groups is 1. The van der Waals surface area contributed by atoms with Crippen LogP contribution in [0, 0.1) is 0 Å². The third-order valence-electron chi connectivity index (χ3n) is 7.04. The minimum Gasteiger partial charge on any atom is -0.494 e. The van der Waals surface area contributed by atoms with Crippen LogP contribution in [0.25, 0.3) is 0 Å². The molecule has 0 aromatic heterocycles. The normalized spacial score (nSPS) is 22.6. The Kier molecular flexibility index (Phi) is 8.57. The van der Waals surface area contributed by atoms with Crippen molar-refractivity contribution in [1.29, 1.82) is 0 Å². The molecule has 2 fully saturated rings. The number of carbonyl (C=O) groups excluding carboxylic acids is 1. The number of benzene rings is 2. The van der Waals surface area contributed by atoms with Crippen molar-refractivity contribution in [3.63, 3.8) is 0 Å². The third-order valence-corrected chi connectivity index (χ3v) is 9.00. The second-order valence-corrected chi connectivity index (χ2v) is 12.3. The molecule has 11 heteroatoms. The highest BCUT2D eigenvalue weighted by molar-refractivity contribution is 9.10. The van der Waals surface area contributed by atoms with Crippen LogP contribution in [-0.4, -0.2) is 50.0 Å². The molecule has 2 aliphatic rings. The molecule has 2 aliphatic heterocycles. The standard InChI is InChI=1S/C26H32BrF2N3O4S/c1-2-3-14-36-22-10-12-23(13-11-22)37(34,35)31-24(26(28,29)17-4-6-18(27)7-5-17)25(33)32-20-8-9-21(32)16-19(30)15-20/h4-7,10-13,19-21,24,31H,2-3,8-9,14-16,30H2,1H3. The van der Waals surface area contributed by atoms with Crippen molar-refractivity contribution in [3.05, 3.63) is 58.6 Å². The van der Waals surface area contributed by atoms with Crippen molar-refractivity contribution in [2.24, 2.45) is 5.73 Å². The number of nitrogens with two attached hydrogens (primary N) is 1. The molecule has 1 amide bonds. The summed E-state index contributed by atoms with van der Waals surface area (Å²) in [5.74, 6) is -4.27. The number of fused-ring (bicyclic) bond motifs is 2. The van der Waals surface area contributed by atoms with Crippen molar-refractivity contribution in [2.45, 2.75) is 80.4 Å². The van der Waals surface area contributed by atoms with Crippen LogP contribution in [0.1, 0.15) is 51.0 Å². The topological polar surface area (TPSA) is 102 Å². The molecule has 2 aromatic rings. The van der Waals surface area contributed by atoms with Gasteiger partial charge in [-0.1, -0.05) is 41.4 Å². The largest absolute Gasteiger partial charge is 0.494 e. The van der Waals surface area contributed by atoms with Gasteiger partial charge in [-0.25, -0.2) is 8.42 Å². The molecule has 3 unspecified atom stereocenters. The first-order valence-corrected chi connectivity index (χ1v) is 14.8. The zero-order valence-electron chi connectivity index (χ0n) is 20.6. The molecular formula is C26H32BrF2N3O4S. The zero-order valence-corrected chi connectivity index (χ0v) is 23.0. The molecule has 0 radical (unpaired) electrons. The summed E-state index contributed by atoms with van der Waals surface area (Å²) in [5.41, 5.74) is 5.64. The molecular weight excluding hydrogens is 568 g/mol. The molecule has 3 atom stereocenters. The lowest BCUT2D eigenvalue weighted by Crippen LogP contribution is -2.60. The summed E-state index contributed by atoms with van der Waals surface area (Å²) < 4.78 is 66.7. The lowest BCUT2D eigenvalue weighted by atomic mass is 9.95. The fourth-order valence-corrected chi connectivity index (χ4v) is 6.57. The number of sulfonamides is 1. The van der Waals surface area contributed by atoms with E-state index >= 15 is 8.78 Å². The fourth-order valence-electron chi connectivity index (χ4n) is 5.12. The molecule has 0 saturated carbocycles. The Morgan fingerprint density at radius 2 is 1.73 bits per heavy atom. The van der Waals surface area contributed by atoms with E-state index in [-0.39, 0.29) is 23.0 Å². The molecule has 2 saturated heterocycles. The molecule has 3 N–H and O–H groups in total. The minimum absolute atomic E-state index is 0.110. The van der Waals surface area contributed by atoms with Gasteiger partial charge in [0.2, 0.25) is 15.9 Å². The third kappa shape index (κ3) is 6.16. The van der Waals surface area contributed by atoms with Crippen LogP contribution >= 0.6 is 15.9 Å². The number of unbranched alkanes of at least 4 members (excludes halogenated alkanes) is 1. The molecule has 2 heterocycles. The average molecular weight is 601 g/mol. The Labute approximate surface area is 224 Å². The van der Waals surface area contributed by atoms with Gasteiger partial charge in [0.25, 0.3) is 5.92 Å². The maximum atomic E-state index is 16.0. The number of hydrogen-bond acceptors (Lipinski definition) is 5. The summed E-state index contributed by atoms with van der Waals surface area (Å²) in [6.07, 6.45) is 4.12. The van der Waals surface area contributed by atoms with E-state index in [0.29, 0.717) is 42.5 Å². The summed E-state index contributed by atoms with van der Waals surface area (Å²) in [7, 11) is -4.48. The van der Waals surface area contributed by atoms with E-state index in [4.69, 9.17) is 10.5 Å². The quantitative estimate of drug-likeness (QED) is 0.390. The summed E-state index contributed by atoms with van der Waals surface area (Å²) in [6, 6.07) is 7.74. The van der Waals surface area contributed by atoms with E-state index in [1.165, 1.54) is 53.4 Å². The SMILES string of the molecule is CCCCOc1ccc(S(=O)(=O)NC(C(=O)N2C3CCC2CC(N)C3)C(F)(F)c2ccc(Br)cc2)cc1. The van der Waals surface area contributed by atoms with E-state index < -0.39 is 33.5 Å². The van der Waals surface area contributed by atoms with Crippen LogP contribution in [-0.2, 0) is 20.7 Å². The summed E-state index contributed by atoms with van der Waals surface area (Å²) in [4.78, 5) is 14.9. The lowest BCUT2D eigenvalue weighted by molar-refractivity contribution is -0.149. The van der Waals surface area contributed by atoms with Crippen LogP contribution in [0.5, 0.6) is 5.75 Å². The van der Waals surface area contributed by atoms with Gasteiger partial charge in [0.15, 0.2) is 6.04 Å². The Bertz CT molecular complexity index is 1180. The molecule has 0 spiro atoms. The Balaban J connectivity index is 1.64. The van der Waals surface area contributed by atoms with Crippen LogP contribution in [0.4, 0.5) is 8.78 Å². The van der Waals surface area contributed by atoms with Crippen LogP contribution < -0.4 is 15.2 Å². The van der Waals surface area contributed by atoms with Gasteiger partial charge in [0.1, 0.15) is 5.75 Å². The number of halogens is 3. The summed E-state index contributed by atoms with van der Waals surface area (Å²) in [6.45, 7) is 2.51. The van der Waals surface area contributed by atoms with Gasteiger partial charge < -0.3 is 15.4 Å². The predicted molar refractivity (Wildman–Crippen MR) is 140 cm³/mol. The van der Waals surface area contributed by atoms with Crippen LogP contribution in [0.2, 0.25) is 0 Å². The van der Waals surface area contributed by atoms with Crippen LogP contribution in [0.15, 0.2) is 57.9 Å². The molecule has 2 aromatic carbocycles. The van der Waals surface area contributed by atoms with Gasteiger partial charge in [0, 0.05) is 28.2 Å². The van der Waals surface area contributed by atoms with Gasteiger partial charge in [-0.05, 0) is 68.5 Å². The van der Waals surface area contributed by atoms with Crippen molar-refractivity contribution < 1.29 is 26.7 Å². The monoisotopic (exact) mass is 599 g/mol. The number of rotatable bonds is 10. The maximum Gasteiger partial charge on any atom is 0.298 e. The molecule has 202 valence electrons. The van der Waals surface area contributed by atoms with Gasteiger partial charge in [0.05, 0.1) is 11.5 Å². The van der Waals surface area contributed by atoms with Gasteiger partial charge in [-0.2, -0.15) is 13.5 Å². The highest BCUT2D eigenvalue weighted by Gasteiger charge is 2.53. The molecule has 0 aliphatic carbocycles. The number of nitrogens with one attached hydrogen (secondary N) is 1. The number of alkyl halides is 2. The molecule has 2 bridgehead atoms. The number of ether oxygens (including phenoxy) is 1. The van der Waals surface area contributed by atoms with Crippen molar-refractivity contribution in [2.75, 3.05) is 6.61 Å². The zero-order chi connectivity index (χ0) is 26.8. The number of nitrogens with zero attached hydrogens (tertiary/aromatic N) is 1. The minimum atomic E-state index is -4.48. The Morgan fingerprint density at radius 1 is 1.14 bits per heavy atom. The lowest BCUT2D eigenvalue weighted by Gasteiger charge is -2.41. The number of amides is 1. The van der Waals surface area contributed by atoms with E-state index in [0.717, 1.165) is 12.8 Å². The van der Waals surface area contributed by atoms with E-state index in [9.17, 15) is 13.2 Å². The van der Waals surface area contributed by atoms with Gasteiger partial charge >= 0.3 is 0 Å². The summed E-state index contributed by atoms with van der Waals surface area (Å²) in [5, 5.41) is 0. The first kappa shape index (κ1) is 27.9.